The van der Waals surface area contributed by atoms with Gasteiger partial charge in [-0.15, -0.1) is 11.3 Å². The van der Waals surface area contributed by atoms with E-state index in [0.29, 0.717) is 27.7 Å². The molecule has 0 bridgehead atoms. The molecule has 0 fully saturated rings. The summed E-state index contributed by atoms with van der Waals surface area (Å²) in [4.78, 5) is 14.7. The molecule has 0 aliphatic carbocycles. The highest BCUT2D eigenvalue weighted by atomic mass is 32.1. The van der Waals surface area contributed by atoms with E-state index < -0.39 is 6.04 Å². The third-order valence-corrected chi connectivity index (χ3v) is 9.45. The zero-order chi connectivity index (χ0) is 38.7. The van der Waals surface area contributed by atoms with Crippen LogP contribution in [0.1, 0.15) is 9.60 Å². The molecule has 0 N–H and O–H groups in total. The van der Waals surface area contributed by atoms with Gasteiger partial charge in [-0.3, -0.25) is 0 Å². The molecular weight excluding hydrogens is 615 g/mol. The Hall–Kier alpha value is -6.23. The number of fused-ring (bicyclic) bond motifs is 3. The first-order valence-corrected chi connectivity index (χ1v) is 16.6. The summed E-state index contributed by atoms with van der Waals surface area (Å²) in [5, 5.41) is 0.477. The second kappa shape index (κ2) is 12.4. The van der Waals surface area contributed by atoms with Gasteiger partial charge in [0.25, 0.3) is 0 Å². The fraction of sp³-hybridized carbons (Fsp3) is 0. The molecule has 4 heteroatoms. The average molecular weight is 651 g/mol. The minimum absolute atomic E-state index is 0.0423. The topological polar surface area (TPSA) is 38.7 Å². The Morgan fingerprint density at radius 3 is 1.45 bits per heavy atom. The second-order valence-corrected chi connectivity index (χ2v) is 12.6. The second-order valence-electron chi connectivity index (χ2n) is 11.5. The Labute approximate surface area is 298 Å². The van der Waals surface area contributed by atoms with Crippen LogP contribution in [-0.2, 0) is 0 Å². The van der Waals surface area contributed by atoms with Crippen LogP contribution in [0.2, 0.25) is 0 Å². The van der Waals surface area contributed by atoms with E-state index in [1.807, 2.05) is 103 Å². The summed E-state index contributed by atoms with van der Waals surface area (Å²) in [6.07, 6.45) is 0. The van der Waals surface area contributed by atoms with Crippen molar-refractivity contribution in [1.82, 2.24) is 15.0 Å². The van der Waals surface area contributed by atoms with E-state index in [2.05, 4.69) is 24.3 Å². The summed E-state index contributed by atoms with van der Waals surface area (Å²) >= 11 is 1.03. The summed E-state index contributed by atoms with van der Waals surface area (Å²) < 4.78 is 61.1. The van der Waals surface area contributed by atoms with Crippen LogP contribution in [0.5, 0.6) is 0 Å². The molecule has 0 amide bonds. The summed E-state index contributed by atoms with van der Waals surface area (Å²) in [5.41, 5.74) is 7.27. The Bertz CT molecular complexity index is 2970. The maximum absolute atomic E-state index is 9.24. The van der Waals surface area contributed by atoms with Crippen LogP contribution in [-0.4, -0.2) is 15.0 Å². The predicted molar refractivity (Wildman–Crippen MR) is 205 cm³/mol. The molecule has 0 saturated heterocycles. The Balaban J connectivity index is 1.10. The lowest BCUT2D eigenvalue weighted by molar-refractivity contribution is 1.07. The number of benzene rings is 7. The molecule has 0 saturated carbocycles. The first kappa shape index (κ1) is 22.4. The monoisotopic (exact) mass is 650 g/mol. The molecular formula is C45H29N3S. The number of rotatable bonds is 6. The summed E-state index contributed by atoms with van der Waals surface area (Å²) in [6.45, 7) is 0. The standard InChI is InChI=1S/C45H29N3S/c1-3-10-30(11-4-1)31-18-22-34(23-19-31)44-46-43(33-12-5-2-6-13-33)47-45(48-44)35-24-20-32(21-25-35)36-14-9-15-37(28-36)38-26-27-42-40(29-38)39-16-7-8-17-41(39)49-42/h1-29H/i7D,8D,16D,17D,26D,27D,29D. The van der Waals surface area contributed by atoms with Crippen molar-refractivity contribution in [3.05, 3.63) is 176 Å². The van der Waals surface area contributed by atoms with E-state index in [0.717, 1.165) is 50.3 Å². The molecule has 0 spiro atoms. The van der Waals surface area contributed by atoms with Crippen molar-refractivity contribution in [2.24, 2.45) is 0 Å². The molecule has 0 aliphatic heterocycles. The largest absolute Gasteiger partial charge is 0.208 e. The quantitative estimate of drug-likeness (QED) is 0.180. The lowest BCUT2D eigenvalue weighted by atomic mass is 9.97. The molecule has 230 valence electrons. The first-order valence-electron chi connectivity index (χ1n) is 19.3. The third-order valence-electron chi connectivity index (χ3n) is 8.43. The van der Waals surface area contributed by atoms with E-state index in [1.165, 1.54) is 0 Å². The van der Waals surface area contributed by atoms with Crippen molar-refractivity contribution in [2.45, 2.75) is 0 Å². The zero-order valence-corrected chi connectivity index (χ0v) is 26.8. The first-order chi connectivity index (χ1) is 27.2. The predicted octanol–water partition coefficient (Wildman–Crippen LogP) is 12.2. The average Bonchev–Trinajstić information content (AvgIpc) is 3.67. The molecule has 9 rings (SSSR count). The Morgan fingerprint density at radius 1 is 0.367 bits per heavy atom. The molecule has 0 aliphatic rings. The van der Waals surface area contributed by atoms with Gasteiger partial charge in [0.15, 0.2) is 17.5 Å². The molecule has 49 heavy (non-hydrogen) atoms. The minimum atomic E-state index is -0.391. The van der Waals surface area contributed by atoms with Crippen LogP contribution in [0.3, 0.4) is 0 Å². The van der Waals surface area contributed by atoms with E-state index in [-0.39, 0.29) is 57.3 Å². The smallest absolute Gasteiger partial charge is 0.164 e. The molecule has 0 atom stereocenters. The maximum atomic E-state index is 9.24. The lowest BCUT2D eigenvalue weighted by Gasteiger charge is -2.10. The fourth-order valence-electron chi connectivity index (χ4n) is 5.91. The zero-order valence-electron chi connectivity index (χ0n) is 33.0. The Morgan fingerprint density at radius 2 is 0.816 bits per heavy atom. The molecule has 2 heterocycles. The molecule has 7 aromatic carbocycles. The van der Waals surface area contributed by atoms with E-state index in [9.17, 15) is 1.37 Å². The summed E-state index contributed by atoms with van der Waals surface area (Å²) in [5.74, 6) is 1.64. The molecule has 9 aromatic rings. The number of hydrogen-bond donors (Lipinski definition) is 0. The van der Waals surface area contributed by atoms with E-state index in [1.54, 1.807) is 6.07 Å². The van der Waals surface area contributed by atoms with Crippen molar-refractivity contribution < 1.29 is 9.60 Å². The van der Waals surface area contributed by atoms with Crippen LogP contribution in [0.25, 0.3) is 87.7 Å². The lowest BCUT2D eigenvalue weighted by Crippen LogP contribution is -2.00. The van der Waals surface area contributed by atoms with Crippen LogP contribution >= 0.6 is 11.3 Å². The van der Waals surface area contributed by atoms with Crippen molar-refractivity contribution in [2.75, 3.05) is 0 Å². The maximum Gasteiger partial charge on any atom is 0.164 e. The van der Waals surface area contributed by atoms with Gasteiger partial charge < -0.3 is 0 Å². The number of hydrogen-bond acceptors (Lipinski definition) is 4. The van der Waals surface area contributed by atoms with Gasteiger partial charge in [-0.25, -0.2) is 15.0 Å². The Kier molecular flexibility index (Phi) is 5.67. The van der Waals surface area contributed by atoms with Crippen LogP contribution in [0.15, 0.2) is 176 Å². The highest BCUT2D eigenvalue weighted by molar-refractivity contribution is 7.25. The van der Waals surface area contributed by atoms with Gasteiger partial charge in [-0.1, -0.05) is 152 Å². The molecule has 0 unspecified atom stereocenters. The highest BCUT2D eigenvalue weighted by Crippen LogP contribution is 2.37. The number of aromatic nitrogens is 3. The third kappa shape index (κ3) is 5.69. The van der Waals surface area contributed by atoms with Crippen LogP contribution in [0, 0.1) is 0 Å². The molecule has 2 aromatic heterocycles. The van der Waals surface area contributed by atoms with Crippen LogP contribution in [0.4, 0.5) is 0 Å². The van der Waals surface area contributed by atoms with Gasteiger partial charge in [0.1, 0.15) is 0 Å². The molecule has 3 nitrogen and oxygen atoms in total. The van der Waals surface area contributed by atoms with Crippen molar-refractivity contribution in [3.8, 4) is 67.5 Å². The van der Waals surface area contributed by atoms with Crippen LogP contribution < -0.4 is 0 Å². The van der Waals surface area contributed by atoms with E-state index >= 15 is 0 Å². The van der Waals surface area contributed by atoms with Gasteiger partial charge in [0.05, 0.1) is 9.60 Å². The van der Waals surface area contributed by atoms with Crippen molar-refractivity contribution in [3.63, 3.8) is 0 Å². The minimum Gasteiger partial charge on any atom is -0.208 e. The van der Waals surface area contributed by atoms with Gasteiger partial charge in [0.2, 0.25) is 0 Å². The van der Waals surface area contributed by atoms with Gasteiger partial charge >= 0.3 is 0 Å². The van der Waals surface area contributed by atoms with Crippen molar-refractivity contribution in [1.29, 1.82) is 0 Å². The van der Waals surface area contributed by atoms with Crippen molar-refractivity contribution >= 4 is 31.5 Å². The number of nitrogens with zero attached hydrogens (tertiary/aromatic N) is 3. The number of thiophene rings is 1. The SMILES string of the molecule is [2H]c1c([2H])c([2H])c2c(sc3c([2H])c([2H])c(-c4cccc(-c5ccc(-c6nc(-c7ccccc7)nc(-c7ccc(-c8ccccc8)cc7)n6)cc5)c4)c([2H])c32)c1[2H]. The van der Waals surface area contributed by atoms with Gasteiger partial charge in [-0.05, 0) is 57.6 Å². The van der Waals surface area contributed by atoms with Gasteiger partial charge in [0, 0.05) is 36.9 Å². The van der Waals surface area contributed by atoms with E-state index in [4.69, 9.17) is 23.2 Å². The molecule has 0 radical (unpaired) electrons. The van der Waals surface area contributed by atoms with Gasteiger partial charge in [-0.2, -0.15) is 0 Å². The summed E-state index contributed by atoms with van der Waals surface area (Å²) in [6, 6.07) is 42.0. The normalized spacial score (nSPS) is 13.3. The fourth-order valence-corrected chi connectivity index (χ4v) is 6.82. The summed E-state index contributed by atoms with van der Waals surface area (Å²) in [7, 11) is 0. The highest BCUT2D eigenvalue weighted by Gasteiger charge is 2.13.